The normalized spacial score (nSPS) is 21.2. The second-order valence-corrected chi connectivity index (χ2v) is 6.02. The van der Waals surface area contributed by atoms with E-state index in [0.29, 0.717) is 18.9 Å². The molecule has 1 heterocycles. The molecule has 0 aromatic heterocycles. The van der Waals surface area contributed by atoms with Crippen molar-refractivity contribution in [3.05, 3.63) is 47.5 Å². The SMILES string of the molecule is CCOC(=O)CC(C)NCc1ccc([C@H]2N=CC=CC2C)cc1. The highest BCUT2D eigenvalue weighted by Gasteiger charge is 2.17. The molecule has 23 heavy (non-hydrogen) atoms. The van der Waals surface area contributed by atoms with Gasteiger partial charge in [0.2, 0.25) is 0 Å². The lowest BCUT2D eigenvalue weighted by Crippen LogP contribution is -2.28. The van der Waals surface area contributed by atoms with Gasteiger partial charge >= 0.3 is 5.97 Å². The van der Waals surface area contributed by atoms with Crippen LogP contribution in [0.2, 0.25) is 0 Å². The smallest absolute Gasteiger partial charge is 0.307 e. The van der Waals surface area contributed by atoms with Crippen molar-refractivity contribution in [2.45, 2.75) is 45.8 Å². The molecule has 3 atom stereocenters. The van der Waals surface area contributed by atoms with Gasteiger partial charge in [-0.2, -0.15) is 0 Å². The van der Waals surface area contributed by atoms with Gasteiger partial charge in [-0.05, 0) is 31.1 Å². The molecule has 0 aliphatic carbocycles. The van der Waals surface area contributed by atoms with Gasteiger partial charge in [-0.1, -0.05) is 37.3 Å². The van der Waals surface area contributed by atoms with E-state index in [0.717, 1.165) is 6.54 Å². The Hall–Kier alpha value is -1.94. The lowest BCUT2D eigenvalue weighted by atomic mass is 9.92. The van der Waals surface area contributed by atoms with Crippen molar-refractivity contribution in [1.82, 2.24) is 5.32 Å². The third-order valence-corrected chi connectivity index (χ3v) is 4.00. The quantitative estimate of drug-likeness (QED) is 0.784. The Bertz CT molecular complexity index is 563. The summed E-state index contributed by atoms with van der Waals surface area (Å²) < 4.78 is 4.96. The monoisotopic (exact) mass is 314 g/mol. The Morgan fingerprint density at radius 1 is 1.35 bits per heavy atom. The molecular weight excluding hydrogens is 288 g/mol. The summed E-state index contributed by atoms with van der Waals surface area (Å²) in [5, 5.41) is 3.35. The first-order valence-corrected chi connectivity index (χ1v) is 8.28. The molecule has 0 spiro atoms. The molecule has 0 saturated carbocycles. The summed E-state index contributed by atoms with van der Waals surface area (Å²) in [4.78, 5) is 16.0. The molecule has 1 aliphatic rings. The number of aliphatic imine (C=N–C) groups is 1. The zero-order valence-electron chi connectivity index (χ0n) is 14.2. The van der Waals surface area contributed by atoms with Crippen molar-refractivity contribution in [3.8, 4) is 0 Å². The van der Waals surface area contributed by atoms with E-state index in [1.54, 1.807) is 0 Å². The number of carbonyl (C=O) groups is 1. The van der Waals surface area contributed by atoms with Crippen molar-refractivity contribution in [2.24, 2.45) is 10.9 Å². The topological polar surface area (TPSA) is 50.7 Å². The third-order valence-electron chi connectivity index (χ3n) is 4.00. The first kappa shape index (κ1) is 17.4. The molecule has 4 heteroatoms. The average molecular weight is 314 g/mol. The second-order valence-electron chi connectivity index (χ2n) is 6.02. The average Bonchev–Trinajstić information content (AvgIpc) is 2.54. The maximum atomic E-state index is 11.4. The van der Waals surface area contributed by atoms with Crippen LogP contribution in [0.4, 0.5) is 0 Å². The molecule has 1 aliphatic heterocycles. The molecular formula is C19H26N2O2. The molecule has 0 saturated heterocycles. The maximum absolute atomic E-state index is 11.4. The van der Waals surface area contributed by atoms with Crippen molar-refractivity contribution in [3.63, 3.8) is 0 Å². The van der Waals surface area contributed by atoms with Crippen LogP contribution >= 0.6 is 0 Å². The third kappa shape index (κ3) is 5.32. The molecule has 0 amide bonds. The predicted molar refractivity (Wildman–Crippen MR) is 93.5 cm³/mol. The molecule has 0 fully saturated rings. The summed E-state index contributed by atoms with van der Waals surface area (Å²) in [6, 6.07) is 8.85. The summed E-state index contributed by atoms with van der Waals surface area (Å²) in [6.07, 6.45) is 6.46. The van der Waals surface area contributed by atoms with E-state index in [-0.39, 0.29) is 18.1 Å². The summed E-state index contributed by atoms with van der Waals surface area (Å²) >= 11 is 0. The van der Waals surface area contributed by atoms with Gasteiger partial charge in [0.05, 0.1) is 19.1 Å². The van der Waals surface area contributed by atoms with Gasteiger partial charge in [0.25, 0.3) is 0 Å². The van der Waals surface area contributed by atoms with Gasteiger partial charge in [0.1, 0.15) is 0 Å². The van der Waals surface area contributed by atoms with Crippen LogP contribution in [0.3, 0.4) is 0 Å². The summed E-state index contributed by atoms with van der Waals surface area (Å²) in [7, 11) is 0. The lowest BCUT2D eigenvalue weighted by molar-refractivity contribution is -0.143. The van der Waals surface area contributed by atoms with Gasteiger partial charge in [-0.3, -0.25) is 9.79 Å². The predicted octanol–water partition coefficient (Wildman–Crippen LogP) is 3.44. The van der Waals surface area contributed by atoms with E-state index in [2.05, 4.69) is 47.6 Å². The highest BCUT2D eigenvalue weighted by atomic mass is 16.5. The zero-order valence-corrected chi connectivity index (χ0v) is 14.2. The van der Waals surface area contributed by atoms with Crippen molar-refractivity contribution >= 4 is 12.2 Å². The lowest BCUT2D eigenvalue weighted by Gasteiger charge is -2.20. The fourth-order valence-electron chi connectivity index (χ4n) is 2.66. The van der Waals surface area contributed by atoms with Crippen LogP contribution in [0.15, 0.2) is 41.4 Å². The highest BCUT2D eigenvalue weighted by Crippen LogP contribution is 2.28. The van der Waals surface area contributed by atoms with Gasteiger partial charge in [0.15, 0.2) is 0 Å². The van der Waals surface area contributed by atoms with Crippen molar-refractivity contribution in [2.75, 3.05) is 6.61 Å². The highest BCUT2D eigenvalue weighted by molar-refractivity contribution is 5.72. The number of allylic oxidation sites excluding steroid dienone is 1. The summed E-state index contributed by atoms with van der Waals surface area (Å²) in [6.45, 7) is 7.18. The summed E-state index contributed by atoms with van der Waals surface area (Å²) in [5.41, 5.74) is 2.44. The zero-order chi connectivity index (χ0) is 16.7. The Morgan fingerprint density at radius 3 is 2.74 bits per heavy atom. The van der Waals surface area contributed by atoms with Crippen LogP contribution in [0.5, 0.6) is 0 Å². The standard InChI is InChI=1S/C19H26N2O2/c1-4-23-18(22)12-15(3)21-13-16-7-9-17(10-8-16)19-14(2)6-5-11-20-19/h5-11,14-15,19,21H,4,12-13H2,1-3H3/t14?,15?,19-/m0/s1. The fraction of sp³-hybridized carbons (Fsp3) is 0.474. The molecule has 4 nitrogen and oxygen atoms in total. The van der Waals surface area contributed by atoms with Crippen LogP contribution in [0, 0.1) is 5.92 Å². The number of esters is 1. The number of hydrogen-bond donors (Lipinski definition) is 1. The van der Waals surface area contributed by atoms with Crippen LogP contribution in [0.1, 0.15) is 44.4 Å². The number of nitrogens with one attached hydrogen (secondary N) is 1. The molecule has 2 unspecified atom stereocenters. The molecule has 0 radical (unpaired) electrons. The Labute approximate surface area is 138 Å². The minimum Gasteiger partial charge on any atom is -0.466 e. The van der Waals surface area contributed by atoms with E-state index in [1.165, 1.54) is 11.1 Å². The Kier molecular flexibility index (Phi) is 6.53. The summed E-state index contributed by atoms with van der Waals surface area (Å²) in [5.74, 6) is 0.272. The van der Waals surface area contributed by atoms with Crippen LogP contribution in [-0.4, -0.2) is 24.8 Å². The largest absolute Gasteiger partial charge is 0.466 e. The molecule has 1 aromatic rings. The Morgan fingerprint density at radius 2 is 2.09 bits per heavy atom. The molecule has 124 valence electrons. The number of nitrogens with zero attached hydrogens (tertiary/aromatic N) is 1. The Balaban J connectivity index is 1.84. The van der Waals surface area contributed by atoms with E-state index in [9.17, 15) is 4.79 Å². The van der Waals surface area contributed by atoms with Crippen molar-refractivity contribution in [1.29, 1.82) is 0 Å². The van der Waals surface area contributed by atoms with Crippen molar-refractivity contribution < 1.29 is 9.53 Å². The fourth-order valence-corrected chi connectivity index (χ4v) is 2.66. The minimum absolute atomic E-state index is 0.0989. The second kappa shape index (κ2) is 8.63. The molecule has 2 rings (SSSR count). The van der Waals surface area contributed by atoms with Crippen LogP contribution in [-0.2, 0) is 16.1 Å². The number of benzene rings is 1. The number of hydrogen-bond acceptors (Lipinski definition) is 4. The number of carbonyl (C=O) groups excluding carboxylic acids is 1. The van der Waals surface area contributed by atoms with Crippen LogP contribution in [0.25, 0.3) is 0 Å². The van der Waals surface area contributed by atoms with Gasteiger partial charge in [-0.15, -0.1) is 0 Å². The van der Waals surface area contributed by atoms with Gasteiger partial charge in [0, 0.05) is 24.7 Å². The van der Waals surface area contributed by atoms with E-state index in [1.807, 2.05) is 26.1 Å². The number of rotatable bonds is 7. The van der Waals surface area contributed by atoms with Crippen LogP contribution < -0.4 is 5.32 Å². The maximum Gasteiger partial charge on any atom is 0.307 e. The van der Waals surface area contributed by atoms with E-state index < -0.39 is 0 Å². The van der Waals surface area contributed by atoms with E-state index >= 15 is 0 Å². The van der Waals surface area contributed by atoms with Gasteiger partial charge in [-0.25, -0.2) is 0 Å². The molecule has 0 bridgehead atoms. The van der Waals surface area contributed by atoms with Gasteiger partial charge < -0.3 is 10.1 Å². The number of ether oxygens (including phenoxy) is 1. The molecule has 1 N–H and O–H groups in total. The first-order valence-electron chi connectivity index (χ1n) is 8.28. The molecule has 1 aromatic carbocycles. The number of dihydropyridines is 1. The first-order chi connectivity index (χ1) is 11.1. The van der Waals surface area contributed by atoms with E-state index in [4.69, 9.17) is 4.74 Å². The minimum atomic E-state index is -0.153.